The predicted octanol–water partition coefficient (Wildman–Crippen LogP) is 0.110. The van der Waals surface area contributed by atoms with Crippen molar-refractivity contribution < 1.29 is 4.79 Å². The van der Waals surface area contributed by atoms with Gasteiger partial charge in [0, 0.05) is 19.1 Å². The molecule has 0 saturated carbocycles. The van der Waals surface area contributed by atoms with Crippen LogP contribution in [-0.2, 0) is 4.79 Å². The number of piperazine rings is 1. The Labute approximate surface area is 78.5 Å². The van der Waals surface area contributed by atoms with Gasteiger partial charge >= 0.3 is 0 Å². The molecule has 0 bridgehead atoms. The van der Waals surface area contributed by atoms with Gasteiger partial charge in [-0.1, -0.05) is 6.92 Å². The van der Waals surface area contributed by atoms with Gasteiger partial charge in [-0.2, -0.15) is 5.26 Å². The van der Waals surface area contributed by atoms with E-state index < -0.39 is 0 Å². The summed E-state index contributed by atoms with van der Waals surface area (Å²) in [5, 5.41) is 11.4. The van der Waals surface area contributed by atoms with Crippen LogP contribution in [0.15, 0.2) is 0 Å². The number of amides is 1. The molecule has 1 heterocycles. The molecule has 72 valence electrons. The first-order valence-corrected chi connectivity index (χ1v) is 4.65. The Hall–Kier alpha value is -1.08. The van der Waals surface area contributed by atoms with Crippen molar-refractivity contribution in [2.75, 3.05) is 19.6 Å². The van der Waals surface area contributed by atoms with Crippen LogP contribution in [0, 0.1) is 11.3 Å². The van der Waals surface area contributed by atoms with E-state index in [2.05, 4.69) is 23.2 Å². The van der Waals surface area contributed by atoms with E-state index in [4.69, 9.17) is 5.26 Å². The van der Waals surface area contributed by atoms with Gasteiger partial charge in [-0.15, -0.1) is 0 Å². The molecule has 1 amide bonds. The van der Waals surface area contributed by atoms with Gasteiger partial charge in [0.25, 0.3) is 0 Å². The van der Waals surface area contributed by atoms with E-state index in [1.165, 1.54) is 0 Å². The average molecular weight is 181 g/mol. The first-order chi connectivity index (χ1) is 6.27. The highest BCUT2D eigenvalue weighted by Gasteiger charge is 2.22. The Morgan fingerprint density at radius 1 is 1.77 bits per heavy atom. The highest BCUT2D eigenvalue weighted by Crippen LogP contribution is 2.08. The molecular weight excluding hydrogens is 166 g/mol. The maximum Gasteiger partial charge on any atom is 0.234 e. The van der Waals surface area contributed by atoms with E-state index in [1.807, 2.05) is 0 Å². The summed E-state index contributed by atoms with van der Waals surface area (Å²) in [5.74, 6) is 0.0719. The molecule has 0 radical (unpaired) electrons. The largest absolute Gasteiger partial charge is 0.354 e. The molecular formula is C9H15N3O. The molecule has 0 spiro atoms. The predicted molar refractivity (Wildman–Crippen MR) is 48.9 cm³/mol. The zero-order valence-corrected chi connectivity index (χ0v) is 7.92. The van der Waals surface area contributed by atoms with Crippen LogP contribution in [0.4, 0.5) is 0 Å². The molecule has 4 nitrogen and oxygen atoms in total. The number of nitriles is 1. The quantitative estimate of drug-likeness (QED) is 0.672. The van der Waals surface area contributed by atoms with Gasteiger partial charge in [-0.05, 0) is 6.42 Å². The third-order valence-corrected chi connectivity index (χ3v) is 2.38. The molecule has 1 unspecified atom stereocenters. The molecule has 1 atom stereocenters. The molecule has 1 N–H and O–H groups in total. The zero-order chi connectivity index (χ0) is 9.68. The molecule has 1 aliphatic rings. The highest BCUT2D eigenvalue weighted by atomic mass is 16.2. The molecule has 1 aliphatic heterocycles. The van der Waals surface area contributed by atoms with Crippen molar-refractivity contribution in [1.82, 2.24) is 10.2 Å². The maximum absolute atomic E-state index is 11.1. The summed E-state index contributed by atoms with van der Waals surface area (Å²) < 4.78 is 0. The van der Waals surface area contributed by atoms with Crippen LogP contribution in [0.3, 0.4) is 0 Å². The Balaban J connectivity index is 2.48. The van der Waals surface area contributed by atoms with Gasteiger partial charge < -0.3 is 5.32 Å². The molecule has 1 rings (SSSR count). The lowest BCUT2D eigenvalue weighted by atomic mass is 10.1. The molecule has 13 heavy (non-hydrogen) atoms. The van der Waals surface area contributed by atoms with Crippen molar-refractivity contribution >= 4 is 5.91 Å². The van der Waals surface area contributed by atoms with Crippen LogP contribution in [-0.4, -0.2) is 36.5 Å². The van der Waals surface area contributed by atoms with Gasteiger partial charge in [0.05, 0.1) is 19.0 Å². The molecule has 0 aliphatic carbocycles. The third kappa shape index (κ3) is 2.71. The van der Waals surface area contributed by atoms with Crippen molar-refractivity contribution in [2.24, 2.45) is 0 Å². The first kappa shape index (κ1) is 10.0. The number of hydrogen-bond donors (Lipinski definition) is 1. The molecule has 0 aromatic heterocycles. The third-order valence-electron chi connectivity index (χ3n) is 2.38. The van der Waals surface area contributed by atoms with Crippen LogP contribution in [0.1, 0.15) is 19.8 Å². The van der Waals surface area contributed by atoms with Gasteiger partial charge in [0.2, 0.25) is 5.91 Å². The Kier molecular flexibility index (Phi) is 3.71. The van der Waals surface area contributed by atoms with E-state index in [1.54, 1.807) is 0 Å². The second-order valence-corrected chi connectivity index (χ2v) is 3.24. The summed E-state index contributed by atoms with van der Waals surface area (Å²) in [6.07, 6.45) is 1.45. The van der Waals surface area contributed by atoms with Crippen molar-refractivity contribution in [3.63, 3.8) is 0 Å². The Bertz CT molecular complexity index is 221. The monoisotopic (exact) mass is 181 g/mol. The fraction of sp³-hybridized carbons (Fsp3) is 0.778. The number of nitrogens with one attached hydrogen (secondary N) is 1. The number of rotatable bonds is 3. The normalized spacial score (nSPS) is 20.5. The van der Waals surface area contributed by atoms with Crippen LogP contribution in [0.25, 0.3) is 0 Å². The van der Waals surface area contributed by atoms with Gasteiger partial charge in [-0.3, -0.25) is 9.69 Å². The average Bonchev–Trinajstić information content (AvgIpc) is 2.14. The lowest BCUT2D eigenvalue weighted by molar-refractivity contribution is -0.124. The van der Waals surface area contributed by atoms with E-state index in [-0.39, 0.29) is 11.9 Å². The smallest absolute Gasteiger partial charge is 0.234 e. The summed E-state index contributed by atoms with van der Waals surface area (Å²) in [7, 11) is 0. The summed E-state index contributed by atoms with van der Waals surface area (Å²) in [4.78, 5) is 13.1. The van der Waals surface area contributed by atoms with Gasteiger partial charge in [0.15, 0.2) is 0 Å². The second kappa shape index (κ2) is 4.83. The van der Waals surface area contributed by atoms with E-state index in [0.717, 1.165) is 13.0 Å². The van der Waals surface area contributed by atoms with Gasteiger partial charge in [-0.25, -0.2) is 0 Å². The van der Waals surface area contributed by atoms with Crippen LogP contribution in [0.5, 0.6) is 0 Å². The second-order valence-electron chi connectivity index (χ2n) is 3.24. The first-order valence-electron chi connectivity index (χ1n) is 4.65. The maximum atomic E-state index is 11.1. The Morgan fingerprint density at radius 3 is 3.08 bits per heavy atom. The summed E-state index contributed by atoms with van der Waals surface area (Å²) in [6, 6.07) is 2.40. The summed E-state index contributed by atoms with van der Waals surface area (Å²) >= 11 is 0. The molecule has 0 aromatic rings. The SMILES string of the molecule is CCC(CC#N)N1CCNC(=O)C1. The number of hydrogen-bond acceptors (Lipinski definition) is 3. The minimum absolute atomic E-state index is 0.0719. The van der Waals surface area contributed by atoms with E-state index >= 15 is 0 Å². The van der Waals surface area contributed by atoms with Crippen molar-refractivity contribution in [3.05, 3.63) is 0 Å². The van der Waals surface area contributed by atoms with Crippen LogP contribution < -0.4 is 5.32 Å². The van der Waals surface area contributed by atoms with Gasteiger partial charge in [0.1, 0.15) is 0 Å². The van der Waals surface area contributed by atoms with Crippen LogP contribution in [0.2, 0.25) is 0 Å². The lowest BCUT2D eigenvalue weighted by Crippen LogP contribution is -2.51. The molecule has 4 heteroatoms. The number of carbonyl (C=O) groups excluding carboxylic acids is 1. The van der Waals surface area contributed by atoms with Crippen molar-refractivity contribution in [2.45, 2.75) is 25.8 Å². The number of carbonyl (C=O) groups is 1. The minimum atomic E-state index is 0.0719. The molecule has 0 aromatic carbocycles. The van der Waals surface area contributed by atoms with E-state index in [0.29, 0.717) is 19.5 Å². The molecule has 1 saturated heterocycles. The Morgan fingerprint density at radius 2 is 2.54 bits per heavy atom. The topological polar surface area (TPSA) is 56.1 Å². The summed E-state index contributed by atoms with van der Waals surface area (Å²) in [6.45, 7) is 4.07. The van der Waals surface area contributed by atoms with Crippen LogP contribution >= 0.6 is 0 Å². The fourth-order valence-corrected chi connectivity index (χ4v) is 1.61. The van der Waals surface area contributed by atoms with Crippen molar-refractivity contribution in [3.8, 4) is 6.07 Å². The van der Waals surface area contributed by atoms with E-state index in [9.17, 15) is 4.79 Å². The van der Waals surface area contributed by atoms with Crippen molar-refractivity contribution in [1.29, 1.82) is 5.26 Å². The fourth-order valence-electron chi connectivity index (χ4n) is 1.61. The lowest BCUT2D eigenvalue weighted by Gasteiger charge is -2.32. The minimum Gasteiger partial charge on any atom is -0.354 e. The standard InChI is InChI=1S/C9H15N3O/c1-2-8(3-4-10)12-6-5-11-9(13)7-12/h8H,2-3,5-7H2,1H3,(H,11,13). The zero-order valence-electron chi connectivity index (χ0n) is 7.92. The molecule has 1 fully saturated rings. The number of nitrogens with zero attached hydrogens (tertiary/aromatic N) is 2. The summed E-state index contributed by atoms with van der Waals surface area (Å²) in [5.41, 5.74) is 0. The highest BCUT2D eigenvalue weighted by molar-refractivity contribution is 5.78.